The Morgan fingerprint density at radius 1 is 1.03 bits per heavy atom. The van der Waals surface area contributed by atoms with Crippen molar-refractivity contribution in [2.45, 2.75) is 97.4 Å². The third-order valence-electron chi connectivity index (χ3n) is 11.4. The van der Waals surface area contributed by atoms with Crippen LogP contribution in [0.1, 0.15) is 91.4 Å². The Labute approximate surface area is 204 Å². The lowest BCUT2D eigenvalue weighted by atomic mass is 9.44. The zero-order valence-electron chi connectivity index (χ0n) is 22.5. The first-order valence-electron chi connectivity index (χ1n) is 14.1. The van der Waals surface area contributed by atoms with Crippen molar-refractivity contribution in [3.05, 3.63) is 0 Å². The summed E-state index contributed by atoms with van der Waals surface area (Å²) in [4.78, 5) is 14.0. The first-order chi connectivity index (χ1) is 15.7. The fourth-order valence-electron chi connectivity index (χ4n) is 9.56. The molecule has 0 aromatic rings. The molecule has 1 N–H and O–H groups in total. The number of likely N-dealkylation sites (N-methyl/N-ethyl adjacent to an activating group) is 1. The fraction of sp³-hybridized carbons (Fsp3) is 0.966. The summed E-state index contributed by atoms with van der Waals surface area (Å²) in [6.45, 7) is 10.0. The van der Waals surface area contributed by atoms with E-state index < -0.39 is 0 Å². The van der Waals surface area contributed by atoms with E-state index in [1.807, 2.05) is 0 Å². The van der Waals surface area contributed by atoms with Gasteiger partial charge >= 0.3 is 5.97 Å². The summed E-state index contributed by atoms with van der Waals surface area (Å²) >= 11 is 0. The Kier molecular flexibility index (Phi) is 7.85. The second-order valence-electron chi connectivity index (χ2n) is 13.2. The van der Waals surface area contributed by atoms with E-state index in [4.69, 9.17) is 4.74 Å². The van der Waals surface area contributed by atoms with Crippen LogP contribution in [0.3, 0.4) is 0 Å². The molecule has 0 heterocycles. The summed E-state index contributed by atoms with van der Waals surface area (Å²) in [7, 11) is 5.86. The average molecular weight is 461 g/mol. The summed E-state index contributed by atoms with van der Waals surface area (Å²) in [5, 5.41) is 3.89. The molecule has 4 saturated carbocycles. The molecule has 4 aliphatic carbocycles. The number of esters is 1. The van der Waals surface area contributed by atoms with Gasteiger partial charge in [-0.05, 0) is 125 Å². The van der Waals surface area contributed by atoms with Crippen LogP contribution in [0.25, 0.3) is 0 Å². The number of ether oxygens (including phenoxy) is 1. The van der Waals surface area contributed by atoms with Gasteiger partial charge in [0, 0.05) is 25.6 Å². The van der Waals surface area contributed by atoms with Crippen LogP contribution in [0.4, 0.5) is 0 Å². The minimum atomic E-state index is -0.0386. The van der Waals surface area contributed by atoms with Crippen LogP contribution in [0, 0.1) is 46.3 Å². The highest BCUT2D eigenvalue weighted by atomic mass is 16.5. The highest BCUT2D eigenvalue weighted by Crippen LogP contribution is 2.68. The Morgan fingerprint density at radius 3 is 2.48 bits per heavy atom. The first kappa shape index (κ1) is 25.5. The summed E-state index contributed by atoms with van der Waals surface area (Å²) < 4.78 is 4.92. The fourth-order valence-corrected chi connectivity index (χ4v) is 9.56. The van der Waals surface area contributed by atoms with E-state index in [0.717, 1.165) is 55.1 Å². The van der Waals surface area contributed by atoms with Gasteiger partial charge in [-0.2, -0.15) is 0 Å². The molecule has 190 valence electrons. The van der Waals surface area contributed by atoms with Crippen LogP contribution in [0.2, 0.25) is 0 Å². The maximum Gasteiger partial charge on any atom is 0.305 e. The number of nitrogens with one attached hydrogen (secondary N) is 1. The molecule has 4 heteroatoms. The van der Waals surface area contributed by atoms with Crippen molar-refractivity contribution in [1.82, 2.24) is 10.2 Å². The first-order valence-corrected chi connectivity index (χ1v) is 14.1. The highest BCUT2D eigenvalue weighted by Gasteiger charge is 2.60. The minimum absolute atomic E-state index is 0.0386. The van der Waals surface area contributed by atoms with Gasteiger partial charge in [0.2, 0.25) is 0 Å². The van der Waals surface area contributed by atoms with E-state index in [-0.39, 0.29) is 5.97 Å². The van der Waals surface area contributed by atoms with E-state index in [0.29, 0.717) is 23.2 Å². The molecular weight excluding hydrogens is 408 g/mol. The van der Waals surface area contributed by atoms with Crippen LogP contribution in [-0.2, 0) is 9.53 Å². The van der Waals surface area contributed by atoms with Gasteiger partial charge in [-0.25, -0.2) is 0 Å². The van der Waals surface area contributed by atoms with Crippen molar-refractivity contribution >= 4 is 5.97 Å². The summed E-state index contributed by atoms with van der Waals surface area (Å²) in [5.74, 6) is 5.10. The molecule has 4 fully saturated rings. The quantitative estimate of drug-likeness (QED) is 0.468. The van der Waals surface area contributed by atoms with Crippen molar-refractivity contribution in [2.75, 3.05) is 34.3 Å². The van der Waals surface area contributed by atoms with Gasteiger partial charge in [-0.1, -0.05) is 20.8 Å². The van der Waals surface area contributed by atoms with E-state index in [1.165, 1.54) is 64.9 Å². The number of methoxy groups -OCH3 is 1. The number of fused-ring (bicyclic) bond motifs is 5. The van der Waals surface area contributed by atoms with Gasteiger partial charge in [0.25, 0.3) is 0 Å². The van der Waals surface area contributed by atoms with E-state index in [2.05, 4.69) is 45.1 Å². The molecule has 0 aromatic heterocycles. The van der Waals surface area contributed by atoms with Crippen molar-refractivity contribution in [1.29, 1.82) is 0 Å². The van der Waals surface area contributed by atoms with Crippen LogP contribution >= 0.6 is 0 Å². The van der Waals surface area contributed by atoms with Crippen molar-refractivity contribution in [3.8, 4) is 0 Å². The van der Waals surface area contributed by atoms with Gasteiger partial charge in [-0.3, -0.25) is 4.79 Å². The predicted octanol–water partition coefficient (Wildman–Crippen LogP) is 5.75. The number of hydrogen-bond donors (Lipinski definition) is 1. The summed E-state index contributed by atoms with van der Waals surface area (Å²) in [5.41, 5.74) is 1.06. The molecule has 9 atom stereocenters. The third kappa shape index (κ3) is 4.90. The monoisotopic (exact) mass is 460 g/mol. The van der Waals surface area contributed by atoms with Crippen LogP contribution in [0.15, 0.2) is 0 Å². The number of carbonyl (C=O) groups excluding carboxylic acids is 1. The number of carbonyl (C=O) groups is 1. The minimum Gasteiger partial charge on any atom is -0.469 e. The average Bonchev–Trinajstić information content (AvgIpc) is 3.14. The molecule has 0 bridgehead atoms. The van der Waals surface area contributed by atoms with E-state index in [9.17, 15) is 4.79 Å². The normalized spacial score (nSPS) is 43.5. The van der Waals surface area contributed by atoms with Gasteiger partial charge in [0.1, 0.15) is 0 Å². The molecule has 4 aliphatic rings. The SMILES string of the molecule is COC(=O)CC[C@@H](C)[C@H]1CCC2C3CC[C@@H]4CC(NCCN(C)C)CC[C@]4(C)C3CC[C@@]21C. The molecule has 0 aliphatic heterocycles. The van der Waals surface area contributed by atoms with Crippen LogP contribution < -0.4 is 5.32 Å². The lowest BCUT2D eigenvalue weighted by Gasteiger charge is -2.61. The van der Waals surface area contributed by atoms with Crippen molar-refractivity contribution in [2.24, 2.45) is 46.3 Å². The van der Waals surface area contributed by atoms with Crippen molar-refractivity contribution in [3.63, 3.8) is 0 Å². The molecule has 0 amide bonds. The van der Waals surface area contributed by atoms with E-state index in [1.54, 1.807) is 0 Å². The van der Waals surface area contributed by atoms with Crippen molar-refractivity contribution < 1.29 is 9.53 Å². The maximum atomic E-state index is 11.7. The lowest BCUT2D eigenvalue weighted by molar-refractivity contribution is -0.141. The zero-order chi connectivity index (χ0) is 23.8. The molecule has 0 aromatic carbocycles. The van der Waals surface area contributed by atoms with Gasteiger partial charge in [-0.15, -0.1) is 0 Å². The smallest absolute Gasteiger partial charge is 0.305 e. The molecule has 4 unspecified atom stereocenters. The molecule has 0 saturated heterocycles. The zero-order valence-corrected chi connectivity index (χ0v) is 22.5. The molecule has 0 spiro atoms. The Hall–Kier alpha value is -0.610. The van der Waals surface area contributed by atoms with Gasteiger partial charge in [0.15, 0.2) is 0 Å². The molecule has 0 radical (unpaired) electrons. The molecule has 4 nitrogen and oxygen atoms in total. The van der Waals surface area contributed by atoms with Crippen LogP contribution in [0.5, 0.6) is 0 Å². The summed E-state index contributed by atoms with van der Waals surface area (Å²) in [6.07, 6.45) is 14.4. The maximum absolute atomic E-state index is 11.7. The topological polar surface area (TPSA) is 41.6 Å². The Morgan fingerprint density at radius 2 is 1.76 bits per heavy atom. The largest absolute Gasteiger partial charge is 0.469 e. The second kappa shape index (κ2) is 10.2. The standard InChI is InChI=1S/C29H52N2O2/c1-20(7-12-27(32)33-6)24-10-11-25-23-9-8-21-19-22(30-17-18-31(4)5)13-15-28(21,2)26(23)14-16-29(24,25)3/h20-26,30H,7-19H2,1-6H3/t20-,21-,22?,23?,24-,25?,26?,28+,29-/m1/s1. The number of hydrogen-bond acceptors (Lipinski definition) is 4. The molecular formula is C29H52N2O2. The van der Waals surface area contributed by atoms with Gasteiger partial charge < -0.3 is 15.0 Å². The molecule has 33 heavy (non-hydrogen) atoms. The second-order valence-corrected chi connectivity index (χ2v) is 13.2. The lowest BCUT2D eigenvalue weighted by Crippen LogP contribution is -2.55. The van der Waals surface area contributed by atoms with Crippen LogP contribution in [-0.4, -0.2) is 51.2 Å². The third-order valence-corrected chi connectivity index (χ3v) is 11.4. The number of rotatable bonds is 8. The summed E-state index contributed by atoms with van der Waals surface area (Å²) in [6, 6.07) is 0.736. The highest BCUT2D eigenvalue weighted by molar-refractivity contribution is 5.69. The molecule has 4 rings (SSSR count). The predicted molar refractivity (Wildman–Crippen MR) is 136 cm³/mol. The Bertz CT molecular complexity index is 681. The van der Waals surface area contributed by atoms with Gasteiger partial charge in [0.05, 0.1) is 7.11 Å². The Balaban J connectivity index is 1.39. The van der Waals surface area contributed by atoms with E-state index >= 15 is 0 Å². The number of nitrogens with zero attached hydrogens (tertiary/aromatic N) is 1.